The molecule has 2 aromatic carbocycles. The number of rotatable bonds is 6. The molecule has 2 aromatic rings. The van der Waals surface area contributed by atoms with Gasteiger partial charge in [-0.1, -0.05) is 42.5 Å². The third kappa shape index (κ3) is 11.1. The van der Waals surface area contributed by atoms with Gasteiger partial charge in [0.1, 0.15) is 30.4 Å². The van der Waals surface area contributed by atoms with Crippen LogP contribution in [0.25, 0.3) is 0 Å². The molecule has 9 nitrogen and oxygen atoms in total. The molecule has 0 saturated heterocycles. The summed E-state index contributed by atoms with van der Waals surface area (Å²) in [5, 5.41) is 9.68. The van der Waals surface area contributed by atoms with Crippen LogP contribution >= 0.6 is 0 Å². The van der Waals surface area contributed by atoms with Crippen molar-refractivity contribution in [3.8, 4) is 5.75 Å². The summed E-state index contributed by atoms with van der Waals surface area (Å²) in [6, 6.07) is 12.6. The van der Waals surface area contributed by atoms with Gasteiger partial charge in [0.05, 0.1) is 6.61 Å². The molecule has 0 radical (unpaired) electrons. The molecule has 41 heavy (non-hydrogen) atoms. The number of fused-ring (bicyclic) bond motifs is 2. The Morgan fingerprint density at radius 3 is 2.46 bits per heavy atom. The molecule has 1 aliphatic heterocycles. The van der Waals surface area contributed by atoms with E-state index in [1.165, 1.54) is 6.92 Å². The molecule has 3 rings (SSSR count). The van der Waals surface area contributed by atoms with Gasteiger partial charge < -0.3 is 26.0 Å². The maximum absolute atomic E-state index is 13.5. The van der Waals surface area contributed by atoms with Crippen LogP contribution in [0.5, 0.6) is 5.75 Å². The van der Waals surface area contributed by atoms with Crippen LogP contribution < -0.4 is 26.0 Å². The van der Waals surface area contributed by atoms with Crippen molar-refractivity contribution in [3.05, 3.63) is 65.7 Å². The van der Waals surface area contributed by atoms with Crippen LogP contribution in [0.2, 0.25) is 0 Å². The minimum atomic E-state index is -4.64. The summed E-state index contributed by atoms with van der Waals surface area (Å²) in [6.45, 7) is 0.0455. The van der Waals surface area contributed by atoms with Gasteiger partial charge in [0.2, 0.25) is 23.6 Å². The fraction of sp³-hybridized carbons (Fsp3) is 0.448. The van der Waals surface area contributed by atoms with Crippen LogP contribution in [0.3, 0.4) is 0 Å². The van der Waals surface area contributed by atoms with Crippen molar-refractivity contribution in [2.75, 3.05) is 13.2 Å². The maximum atomic E-state index is 13.5. The summed E-state index contributed by atoms with van der Waals surface area (Å²) in [6.07, 6.45) is -2.78. The van der Waals surface area contributed by atoms with Gasteiger partial charge in [-0.05, 0) is 55.4 Å². The van der Waals surface area contributed by atoms with Gasteiger partial charge >= 0.3 is 6.18 Å². The standard InChI is InChI=1S/C29H35F3N4O5/c1-19(37)34-23-12-5-6-15-41-22-11-7-10-21(16-22)17-25(26(38)33-18-29(30,31)32)36-28(40)24(35-27(23)39)14-13-20-8-3-2-4-9-20/h2-4,7-11,16,23-25H,5-6,12-15,17-18H2,1H3,(H,33,38)(H,34,37)(H,35,39)(H,36,40)/t23-,24-,25?/m0/s1. The zero-order valence-corrected chi connectivity index (χ0v) is 22.8. The number of hydrogen-bond acceptors (Lipinski definition) is 5. The third-order valence-corrected chi connectivity index (χ3v) is 6.48. The van der Waals surface area contributed by atoms with E-state index in [9.17, 15) is 32.3 Å². The fourth-order valence-corrected chi connectivity index (χ4v) is 4.44. The Balaban J connectivity index is 1.91. The van der Waals surface area contributed by atoms with E-state index in [1.54, 1.807) is 24.3 Å². The van der Waals surface area contributed by atoms with Crippen molar-refractivity contribution >= 4 is 23.6 Å². The summed E-state index contributed by atoms with van der Waals surface area (Å²) in [4.78, 5) is 51.4. The molecule has 4 N–H and O–H groups in total. The van der Waals surface area contributed by atoms with Gasteiger partial charge in [0, 0.05) is 13.3 Å². The first-order chi connectivity index (χ1) is 19.5. The number of halogens is 3. The molecule has 0 saturated carbocycles. The van der Waals surface area contributed by atoms with E-state index in [1.807, 2.05) is 35.6 Å². The quantitative estimate of drug-likeness (QED) is 0.421. The van der Waals surface area contributed by atoms with E-state index < -0.39 is 54.5 Å². The van der Waals surface area contributed by atoms with Gasteiger partial charge in [-0.3, -0.25) is 19.2 Å². The van der Waals surface area contributed by atoms with Crippen LogP contribution in [0, 0.1) is 0 Å². The summed E-state index contributed by atoms with van der Waals surface area (Å²) in [5.41, 5.74) is 1.47. The molecule has 1 heterocycles. The predicted octanol–water partition coefficient (Wildman–Crippen LogP) is 2.58. The summed E-state index contributed by atoms with van der Waals surface area (Å²) >= 11 is 0. The molecule has 0 aromatic heterocycles. The average Bonchev–Trinajstić information content (AvgIpc) is 2.92. The minimum Gasteiger partial charge on any atom is -0.494 e. The van der Waals surface area contributed by atoms with E-state index in [0.717, 1.165) is 5.56 Å². The van der Waals surface area contributed by atoms with Crippen LogP contribution in [-0.2, 0) is 32.0 Å². The first-order valence-electron chi connectivity index (χ1n) is 13.5. The lowest BCUT2D eigenvalue weighted by Gasteiger charge is -2.26. The highest BCUT2D eigenvalue weighted by Gasteiger charge is 2.32. The lowest BCUT2D eigenvalue weighted by Crippen LogP contribution is -2.57. The Morgan fingerprint density at radius 2 is 1.76 bits per heavy atom. The van der Waals surface area contributed by atoms with Crippen molar-refractivity contribution in [3.63, 3.8) is 0 Å². The van der Waals surface area contributed by atoms with Crippen molar-refractivity contribution in [2.45, 2.75) is 69.8 Å². The molecule has 222 valence electrons. The van der Waals surface area contributed by atoms with Crippen LogP contribution in [0.1, 0.15) is 43.7 Å². The maximum Gasteiger partial charge on any atom is 0.405 e. The molecule has 2 bridgehead atoms. The van der Waals surface area contributed by atoms with Gasteiger partial charge in [-0.2, -0.15) is 13.2 Å². The Hall–Kier alpha value is -4.09. The van der Waals surface area contributed by atoms with Gasteiger partial charge in [-0.25, -0.2) is 0 Å². The molecular formula is C29H35F3N4O5. The zero-order valence-electron chi connectivity index (χ0n) is 22.8. The summed E-state index contributed by atoms with van der Waals surface area (Å²) in [7, 11) is 0. The Kier molecular flexibility index (Phi) is 11.5. The largest absolute Gasteiger partial charge is 0.494 e. The lowest BCUT2D eigenvalue weighted by atomic mass is 10.0. The molecule has 0 spiro atoms. The highest BCUT2D eigenvalue weighted by molar-refractivity contribution is 5.94. The van der Waals surface area contributed by atoms with E-state index in [-0.39, 0.29) is 12.8 Å². The molecule has 12 heteroatoms. The molecule has 0 aliphatic carbocycles. The second-order valence-corrected chi connectivity index (χ2v) is 9.93. The van der Waals surface area contributed by atoms with Gasteiger partial charge in [0.15, 0.2) is 0 Å². The summed E-state index contributed by atoms with van der Waals surface area (Å²) in [5.74, 6) is -2.26. The molecular weight excluding hydrogens is 541 g/mol. The molecule has 1 unspecified atom stereocenters. The van der Waals surface area contributed by atoms with Crippen LogP contribution in [0.4, 0.5) is 13.2 Å². The van der Waals surface area contributed by atoms with E-state index in [0.29, 0.717) is 43.6 Å². The number of carbonyl (C=O) groups is 4. The molecule has 0 fully saturated rings. The fourth-order valence-electron chi connectivity index (χ4n) is 4.44. The Morgan fingerprint density at radius 1 is 1.00 bits per heavy atom. The number of benzene rings is 2. The number of hydrogen-bond donors (Lipinski definition) is 4. The smallest absolute Gasteiger partial charge is 0.405 e. The van der Waals surface area contributed by atoms with Crippen LogP contribution in [0.15, 0.2) is 54.6 Å². The second kappa shape index (κ2) is 15.1. The third-order valence-electron chi connectivity index (χ3n) is 6.48. The highest BCUT2D eigenvalue weighted by Crippen LogP contribution is 2.17. The first kappa shape index (κ1) is 31.4. The zero-order chi connectivity index (χ0) is 29.8. The topological polar surface area (TPSA) is 126 Å². The van der Waals surface area contributed by atoms with E-state index >= 15 is 0 Å². The van der Waals surface area contributed by atoms with Crippen molar-refractivity contribution < 1.29 is 37.1 Å². The average molecular weight is 577 g/mol. The van der Waals surface area contributed by atoms with Crippen molar-refractivity contribution in [1.29, 1.82) is 0 Å². The molecule has 3 atom stereocenters. The predicted molar refractivity (Wildman–Crippen MR) is 145 cm³/mol. The second-order valence-electron chi connectivity index (χ2n) is 9.93. The number of alkyl halides is 3. The lowest BCUT2D eigenvalue weighted by molar-refractivity contribution is -0.141. The monoisotopic (exact) mass is 576 g/mol. The number of carbonyl (C=O) groups excluding carboxylic acids is 4. The van der Waals surface area contributed by atoms with E-state index in [4.69, 9.17) is 4.74 Å². The van der Waals surface area contributed by atoms with Gasteiger partial charge in [-0.15, -0.1) is 0 Å². The first-order valence-corrected chi connectivity index (χ1v) is 13.5. The normalized spacial score (nSPS) is 20.6. The van der Waals surface area contributed by atoms with Gasteiger partial charge in [0.25, 0.3) is 0 Å². The Bertz CT molecular complexity index is 1190. The minimum absolute atomic E-state index is 0.111. The number of amides is 4. The number of ether oxygens (including phenoxy) is 1. The number of aryl methyl sites for hydroxylation is 1. The van der Waals surface area contributed by atoms with E-state index in [2.05, 4.69) is 16.0 Å². The van der Waals surface area contributed by atoms with Crippen molar-refractivity contribution in [1.82, 2.24) is 21.3 Å². The number of nitrogens with one attached hydrogen (secondary N) is 4. The molecule has 1 aliphatic rings. The van der Waals surface area contributed by atoms with Crippen molar-refractivity contribution in [2.24, 2.45) is 0 Å². The highest BCUT2D eigenvalue weighted by atomic mass is 19.4. The Labute approximate surface area is 236 Å². The van der Waals surface area contributed by atoms with Crippen LogP contribution in [-0.4, -0.2) is 61.1 Å². The SMILES string of the molecule is CC(=O)N[C@H]1CCCCOc2cccc(c2)CC(C(=O)NCC(F)(F)F)NC(=O)[C@H](CCc2ccccc2)NC1=O. The molecule has 4 amide bonds. The summed E-state index contributed by atoms with van der Waals surface area (Å²) < 4.78 is 44.3.